The Labute approximate surface area is 115 Å². The van der Waals surface area contributed by atoms with Crippen LogP contribution in [-0.4, -0.2) is 23.2 Å². The molecule has 0 radical (unpaired) electrons. The summed E-state index contributed by atoms with van der Waals surface area (Å²) in [5.74, 6) is 1.03. The lowest BCUT2D eigenvalue weighted by molar-refractivity contribution is 0.199. The lowest BCUT2D eigenvalue weighted by Crippen LogP contribution is -2.39. The molecule has 3 nitrogen and oxygen atoms in total. The molecule has 2 aliphatic rings. The first-order valence-corrected chi connectivity index (χ1v) is 7.58. The van der Waals surface area contributed by atoms with Gasteiger partial charge in [-0.1, -0.05) is 12.8 Å². The Hall–Kier alpha value is -1.09. The van der Waals surface area contributed by atoms with Crippen molar-refractivity contribution in [2.24, 2.45) is 5.41 Å². The van der Waals surface area contributed by atoms with Gasteiger partial charge in [-0.15, -0.1) is 0 Å². The molecule has 2 heterocycles. The van der Waals surface area contributed by atoms with Crippen LogP contribution in [0.15, 0.2) is 18.3 Å². The predicted octanol–water partition coefficient (Wildman–Crippen LogP) is 3.30. The van der Waals surface area contributed by atoms with Crippen molar-refractivity contribution in [3.05, 3.63) is 23.9 Å². The van der Waals surface area contributed by atoms with E-state index >= 15 is 0 Å². The molecule has 0 bridgehead atoms. The van der Waals surface area contributed by atoms with E-state index in [1.54, 1.807) is 0 Å². The van der Waals surface area contributed by atoms with Gasteiger partial charge < -0.3 is 10.0 Å². The monoisotopic (exact) mass is 260 g/mol. The molecule has 0 aromatic carbocycles. The average Bonchev–Trinajstić information content (AvgIpc) is 2.88. The number of hydrogen-bond donors (Lipinski definition) is 1. The van der Waals surface area contributed by atoms with Crippen LogP contribution >= 0.6 is 0 Å². The van der Waals surface area contributed by atoms with Crippen molar-refractivity contribution in [1.82, 2.24) is 4.98 Å². The van der Waals surface area contributed by atoms with E-state index in [9.17, 15) is 5.11 Å². The van der Waals surface area contributed by atoms with Crippen LogP contribution in [0.5, 0.6) is 0 Å². The Balaban J connectivity index is 1.69. The molecular weight excluding hydrogens is 236 g/mol. The topological polar surface area (TPSA) is 36.4 Å². The molecule has 1 N–H and O–H groups in total. The average molecular weight is 260 g/mol. The molecule has 2 fully saturated rings. The van der Waals surface area contributed by atoms with Gasteiger partial charge in [0.25, 0.3) is 0 Å². The molecular formula is C16H24N2O. The third-order valence-corrected chi connectivity index (χ3v) is 5.06. The van der Waals surface area contributed by atoms with Gasteiger partial charge in [0.05, 0.1) is 6.10 Å². The fourth-order valence-corrected chi connectivity index (χ4v) is 3.70. The van der Waals surface area contributed by atoms with Gasteiger partial charge in [-0.05, 0) is 55.7 Å². The summed E-state index contributed by atoms with van der Waals surface area (Å²) >= 11 is 0. The maximum absolute atomic E-state index is 9.67. The molecule has 1 aliphatic heterocycles. The van der Waals surface area contributed by atoms with Gasteiger partial charge in [0, 0.05) is 19.3 Å². The molecule has 1 unspecified atom stereocenters. The first-order valence-electron chi connectivity index (χ1n) is 7.58. The van der Waals surface area contributed by atoms with Gasteiger partial charge in [0.1, 0.15) is 5.82 Å². The van der Waals surface area contributed by atoms with Crippen LogP contribution in [0.4, 0.5) is 5.82 Å². The Bertz CT molecular complexity index is 428. The van der Waals surface area contributed by atoms with Crippen molar-refractivity contribution >= 4 is 5.82 Å². The second kappa shape index (κ2) is 5.12. The molecule has 3 rings (SSSR count). The number of piperidine rings is 1. The zero-order valence-corrected chi connectivity index (χ0v) is 11.8. The van der Waals surface area contributed by atoms with Crippen molar-refractivity contribution < 1.29 is 5.11 Å². The Kier molecular flexibility index (Phi) is 3.48. The standard InChI is InChI=1S/C16H24N2O/c1-13(19)14-4-9-17-15(12-14)18-10-7-16(8-11-18)5-2-3-6-16/h4,9,12-13,19H,2-3,5-8,10-11H2,1H3. The van der Waals surface area contributed by atoms with E-state index < -0.39 is 6.10 Å². The van der Waals surface area contributed by atoms with Crippen molar-refractivity contribution in [1.29, 1.82) is 0 Å². The van der Waals surface area contributed by atoms with E-state index in [4.69, 9.17) is 0 Å². The fraction of sp³-hybridized carbons (Fsp3) is 0.688. The summed E-state index contributed by atoms with van der Waals surface area (Å²) in [5.41, 5.74) is 1.62. The number of rotatable bonds is 2. The SMILES string of the molecule is CC(O)c1ccnc(N2CCC3(CCCC3)CC2)c1. The number of aromatic nitrogens is 1. The lowest BCUT2D eigenvalue weighted by atomic mass is 9.77. The summed E-state index contributed by atoms with van der Waals surface area (Å²) in [4.78, 5) is 6.86. The zero-order valence-electron chi connectivity index (χ0n) is 11.8. The van der Waals surface area contributed by atoms with Crippen LogP contribution in [0, 0.1) is 5.41 Å². The normalized spacial score (nSPS) is 23.8. The molecule has 1 aromatic heterocycles. The van der Waals surface area contributed by atoms with Gasteiger partial charge in [0.15, 0.2) is 0 Å². The molecule has 1 aliphatic carbocycles. The quantitative estimate of drug-likeness (QED) is 0.886. The van der Waals surface area contributed by atoms with E-state index in [-0.39, 0.29) is 0 Å². The summed E-state index contributed by atoms with van der Waals surface area (Å²) in [5, 5.41) is 9.67. The molecule has 0 amide bonds. The molecule has 104 valence electrons. The first-order chi connectivity index (χ1) is 9.19. The van der Waals surface area contributed by atoms with Crippen molar-refractivity contribution in [2.75, 3.05) is 18.0 Å². The highest BCUT2D eigenvalue weighted by Crippen LogP contribution is 2.46. The highest BCUT2D eigenvalue weighted by Gasteiger charge is 2.37. The Morgan fingerprint density at radius 3 is 2.53 bits per heavy atom. The van der Waals surface area contributed by atoms with Gasteiger partial charge in [-0.25, -0.2) is 4.98 Å². The molecule has 3 heteroatoms. The number of anilines is 1. The van der Waals surface area contributed by atoms with Gasteiger partial charge in [-0.3, -0.25) is 0 Å². The van der Waals surface area contributed by atoms with Crippen molar-refractivity contribution in [3.8, 4) is 0 Å². The van der Waals surface area contributed by atoms with Crippen molar-refractivity contribution in [3.63, 3.8) is 0 Å². The van der Waals surface area contributed by atoms with Gasteiger partial charge in [-0.2, -0.15) is 0 Å². The zero-order chi connectivity index (χ0) is 13.3. The largest absolute Gasteiger partial charge is 0.389 e. The first kappa shape index (κ1) is 12.9. The highest BCUT2D eigenvalue weighted by molar-refractivity contribution is 5.42. The van der Waals surface area contributed by atoms with Gasteiger partial charge >= 0.3 is 0 Å². The molecule has 19 heavy (non-hydrogen) atoms. The second-order valence-corrected chi connectivity index (χ2v) is 6.32. The van der Waals surface area contributed by atoms with Crippen LogP contribution in [0.1, 0.15) is 57.1 Å². The van der Waals surface area contributed by atoms with E-state index in [1.165, 1.54) is 38.5 Å². The number of pyridine rings is 1. The smallest absolute Gasteiger partial charge is 0.128 e. The van der Waals surface area contributed by atoms with Gasteiger partial charge in [0.2, 0.25) is 0 Å². The fourth-order valence-electron chi connectivity index (χ4n) is 3.70. The van der Waals surface area contributed by atoms with Crippen LogP contribution < -0.4 is 4.90 Å². The Morgan fingerprint density at radius 1 is 1.21 bits per heavy atom. The summed E-state index contributed by atoms with van der Waals surface area (Å²) < 4.78 is 0. The third kappa shape index (κ3) is 2.62. The predicted molar refractivity (Wildman–Crippen MR) is 77.2 cm³/mol. The Morgan fingerprint density at radius 2 is 1.89 bits per heavy atom. The number of hydrogen-bond acceptors (Lipinski definition) is 3. The summed E-state index contributed by atoms with van der Waals surface area (Å²) in [6, 6.07) is 3.94. The minimum atomic E-state index is -0.410. The minimum absolute atomic E-state index is 0.410. The summed E-state index contributed by atoms with van der Waals surface area (Å²) in [7, 11) is 0. The van der Waals surface area contributed by atoms with Crippen LogP contribution in [0.25, 0.3) is 0 Å². The van der Waals surface area contributed by atoms with Crippen LogP contribution in [0.3, 0.4) is 0 Å². The number of nitrogens with zero attached hydrogens (tertiary/aromatic N) is 2. The van der Waals surface area contributed by atoms with E-state index in [1.807, 2.05) is 25.3 Å². The number of aliphatic hydroxyl groups is 1. The van der Waals surface area contributed by atoms with E-state index in [2.05, 4.69) is 9.88 Å². The minimum Gasteiger partial charge on any atom is -0.389 e. The maximum Gasteiger partial charge on any atom is 0.128 e. The molecule has 1 spiro atoms. The molecule has 1 atom stereocenters. The molecule has 1 saturated carbocycles. The summed E-state index contributed by atoms with van der Waals surface area (Å²) in [6.07, 6.45) is 9.75. The number of aliphatic hydroxyl groups excluding tert-OH is 1. The second-order valence-electron chi connectivity index (χ2n) is 6.32. The van der Waals surface area contributed by atoms with E-state index in [0.29, 0.717) is 5.41 Å². The van der Waals surface area contributed by atoms with Crippen LogP contribution in [0.2, 0.25) is 0 Å². The van der Waals surface area contributed by atoms with E-state index in [0.717, 1.165) is 24.5 Å². The lowest BCUT2D eigenvalue weighted by Gasteiger charge is -2.40. The van der Waals surface area contributed by atoms with Crippen molar-refractivity contribution in [2.45, 2.75) is 51.6 Å². The molecule has 1 saturated heterocycles. The van der Waals surface area contributed by atoms with Crippen LogP contribution in [-0.2, 0) is 0 Å². The summed E-state index contributed by atoms with van der Waals surface area (Å²) in [6.45, 7) is 4.05. The maximum atomic E-state index is 9.67. The highest BCUT2D eigenvalue weighted by atomic mass is 16.3. The molecule has 1 aromatic rings. The third-order valence-electron chi connectivity index (χ3n) is 5.06.